The first-order chi connectivity index (χ1) is 11.5. The minimum atomic E-state index is -0.199. The summed E-state index contributed by atoms with van der Waals surface area (Å²) in [6, 6.07) is 9.41. The molecule has 0 aliphatic carbocycles. The Kier molecular flexibility index (Phi) is 4.55. The number of aromatic nitrogens is 1. The van der Waals surface area contributed by atoms with Gasteiger partial charge in [-0.25, -0.2) is 4.79 Å². The number of pyridine rings is 1. The molecule has 1 aliphatic rings. The highest BCUT2D eigenvalue weighted by atomic mass is 16.5. The largest absolute Gasteiger partial charge is 0.491 e. The van der Waals surface area contributed by atoms with Crippen LogP contribution in [-0.2, 0) is 13.1 Å². The molecule has 2 heterocycles. The molecular formula is C18H21N3O3. The highest BCUT2D eigenvalue weighted by molar-refractivity contribution is 5.74. The number of ether oxygens (including phenoxy) is 1. The summed E-state index contributed by atoms with van der Waals surface area (Å²) in [7, 11) is 0. The van der Waals surface area contributed by atoms with E-state index in [1.165, 1.54) is 0 Å². The third-order valence-corrected chi connectivity index (χ3v) is 4.15. The summed E-state index contributed by atoms with van der Waals surface area (Å²) in [4.78, 5) is 29.0. The standard InChI is InChI=1S/C18H21N3O3/c1-12-9-13(2)20-17(22)15(12)10-19-18(23)21-7-8-24-16-6-4-3-5-14(16)11-21/h3-6,9H,7-8,10-11H2,1-2H3,(H,19,23)(H,20,22). The summed E-state index contributed by atoms with van der Waals surface area (Å²) >= 11 is 0. The molecule has 1 aromatic heterocycles. The van der Waals surface area contributed by atoms with Crippen molar-refractivity contribution in [2.45, 2.75) is 26.9 Å². The number of benzene rings is 1. The Balaban J connectivity index is 1.69. The second kappa shape index (κ2) is 6.78. The van der Waals surface area contributed by atoms with Gasteiger partial charge < -0.3 is 19.9 Å². The molecule has 2 amide bonds. The van der Waals surface area contributed by atoms with Crippen LogP contribution in [-0.4, -0.2) is 29.1 Å². The van der Waals surface area contributed by atoms with Crippen LogP contribution in [0.4, 0.5) is 4.79 Å². The van der Waals surface area contributed by atoms with Crippen molar-refractivity contribution in [3.63, 3.8) is 0 Å². The number of aryl methyl sites for hydroxylation is 2. The number of fused-ring (bicyclic) bond motifs is 1. The Labute approximate surface area is 140 Å². The van der Waals surface area contributed by atoms with Gasteiger partial charge in [0.25, 0.3) is 5.56 Å². The van der Waals surface area contributed by atoms with Gasteiger partial charge in [-0.05, 0) is 31.5 Å². The lowest BCUT2D eigenvalue weighted by atomic mass is 10.1. The summed E-state index contributed by atoms with van der Waals surface area (Å²) < 4.78 is 5.67. The van der Waals surface area contributed by atoms with Crippen molar-refractivity contribution in [2.75, 3.05) is 13.2 Å². The summed E-state index contributed by atoms with van der Waals surface area (Å²) in [6.45, 7) is 5.37. The van der Waals surface area contributed by atoms with Gasteiger partial charge in [0.05, 0.1) is 19.6 Å². The number of hydrogen-bond acceptors (Lipinski definition) is 3. The monoisotopic (exact) mass is 327 g/mol. The van der Waals surface area contributed by atoms with E-state index in [0.717, 1.165) is 22.6 Å². The fourth-order valence-electron chi connectivity index (χ4n) is 2.88. The molecule has 0 atom stereocenters. The van der Waals surface area contributed by atoms with E-state index in [9.17, 15) is 9.59 Å². The van der Waals surface area contributed by atoms with Gasteiger partial charge in [-0.1, -0.05) is 18.2 Å². The Morgan fingerprint density at radius 2 is 2.12 bits per heavy atom. The molecule has 0 saturated carbocycles. The third kappa shape index (κ3) is 3.42. The molecule has 6 heteroatoms. The van der Waals surface area contributed by atoms with Crippen molar-refractivity contribution >= 4 is 6.03 Å². The van der Waals surface area contributed by atoms with Gasteiger partial charge in [0.2, 0.25) is 0 Å². The smallest absolute Gasteiger partial charge is 0.318 e. The number of urea groups is 1. The number of rotatable bonds is 2. The molecule has 0 spiro atoms. The first kappa shape index (κ1) is 16.1. The van der Waals surface area contributed by atoms with Crippen molar-refractivity contribution in [3.05, 3.63) is 63.1 Å². The lowest BCUT2D eigenvalue weighted by Crippen LogP contribution is -2.41. The van der Waals surface area contributed by atoms with Gasteiger partial charge in [-0.3, -0.25) is 4.79 Å². The quantitative estimate of drug-likeness (QED) is 0.887. The number of nitrogens with one attached hydrogen (secondary N) is 2. The fraction of sp³-hybridized carbons (Fsp3) is 0.333. The molecule has 3 rings (SSSR count). The molecule has 1 aliphatic heterocycles. The lowest BCUT2D eigenvalue weighted by molar-refractivity contribution is 0.187. The van der Waals surface area contributed by atoms with Gasteiger partial charge >= 0.3 is 6.03 Å². The van der Waals surface area contributed by atoms with Crippen LogP contribution < -0.4 is 15.6 Å². The molecular weight excluding hydrogens is 306 g/mol. The van der Waals surface area contributed by atoms with E-state index in [4.69, 9.17) is 4.74 Å². The minimum absolute atomic E-state index is 0.155. The Hall–Kier alpha value is -2.76. The molecule has 0 fully saturated rings. The summed E-state index contributed by atoms with van der Waals surface area (Å²) in [5.74, 6) is 0.818. The van der Waals surface area contributed by atoms with E-state index >= 15 is 0 Å². The summed E-state index contributed by atoms with van der Waals surface area (Å²) in [6.07, 6.45) is 0. The number of amides is 2. The van der Waals surface area contributed by atoms with Crippen LogP contribution in [0.2, 0.25) is 0 Å². The molecule has 6 nitrogen and oxygen atoms in total. The van der Waals surface area contributed by atoms with E-state index in [-0.39, 0.29) is 18.1 Å². The van der Waals surface area contributed by atoms with Crippen LogP contribution in [0.3, 0.4) is 0 Å². The van der Waals surface area contributed by atoms with Crippen LogP contribution in [0.1, 0.15) is 22.4 Å². The summed E-state index contributed by atoms with van der Waals surface area (Å²) in [5.41, 5.74) is 3.10. The fourth-order valence-corrected chi connectivity index (χ4v) is 2.88. The molecule has 0 bridgehead atoms. The van der Waals surface area contributed by atoms with Crippen LogP contribution in [0.25, 0.3) is 0 Å². The average Bonchev–Trinajstić information content (AvgIpc) is 2.76. The van der Waals surface area contributed by atoms with Gasteiger partial charge in [-0.2, -0.15) is 0 Å². The van der Waals surface area contributed by atoms with Crippen molar-refractivity contribution in [2.24, 2.45) is 0 Å². The number of hydrogen-bond donors (Lipinski definition) is 2. The van der Waals surface area contributed by atoms with Crippen molar-refractivity contribution in [1.82, 2.24) is 15.2 Å². The lowest BCUT2D eigenvalue weighted by Gasteiger charge is -2.20. The highest BCUT2D eigenvalue weighted by Crippen LogP contribution is 2.22. The molecule has 0 unspecified atom stereocenters. The molecule has 126 valence electrons. The SMILES string of the molecule is Cc1cc(C)c(CNC(=O)N2CCOc3ccccc3C2)c(=O)[nH]1. The van der Waals surface area contributed by atoms with E-state index < -0.39 is 0 Å². The normalized spacial score (nSPS) is 13.7. The van der Waals surface area contributed by atoms with Crippen molar-refractivity contribution in [3.8, 4) is 5.75 Å². The van der Waals surface area contributed by atoms with Gasteiger partial charge in [0, 0.05) is 16.8 Å². The van der Waals surface area contributed by atoms with Crippen molar-refractivity contribution in [1.29, 1.82) is 0 Å². The molecule has 1 aromatic carbocycles. The summed E-state index contributed by atoms with van der Waals surface area (Å²) in [5, 5.41) is 2.84. The second-order valence-corrected chi connectivity index (χ2v) is 5.98. The Morgan fingerprint density at radius 3 is 2.92 bits per heavy atom. The third-order valence-electron chi connectivity index (χ3n) is 4.15. The molecule has 24 heavy (non-hydrogen) atoms. The van der Waals surface area contributed by atoms with Gasteiger partial charge in [-0.15, -0.1) is 0 Å². The number of carbonyl (C=O) groups is 1. The maximum Gasteiger partial charge on any atom is 0.318 e. The Morgan fingerprint density at radius 1 is 1.33 bits per heavy atom. The average molecular weight is 327 g/mol. The molecule has 0 radical (unpaired) electrons. The maximum absolute atomic E-state index is 12.5. The van der Waals surface area contributed by atoms with Crippen molar-refractivity contribution < 1.29 is 9.53 Å². The first-order valence-electron chi connectivity index (χ1n) is 7.97. The zero-order valence-electron chi connectivity index (χ0n) is 13.9. The van der Waals surface area contributed by atoms with E-state index in [1.54, 1.807) is 4.90 Å². The number of nitrogens with zero attached hydrogens (tertiary/aromatic N) is 1. The number of carbonyl (C=O) groups excluding carboxylic acids is 1. The minimum Gasteiger partial charge on any atom is -0.491 e. The highest BCUT2D eigenvalue weighted by Gasteiger charge is 2.19. The van der Waals surface area contributed by atoms with Gasteiger partial charge in [0.15, 0.2) is 0 Å². The second-order valence-electron chi connectivity index (χ2n) is 5.98. The first-order valence-corrected chi connectivity index (χ1v) is 7.97. The van der Waals surface area contributed by atoms with Crippen LogP contribution in [0.15, 0.2) is 35.1 Å². The predicted molar refractivity (Wildman–Crippen MR) is 91.1 cm³/mol. The van der Waals surface area contributed by atoms with Crippen LogP contribution in [0.5, 0.6) is 5.75 Å². The number of para-hydroxylation sites is 1. The van der Waals surface area contributed by atoms with Crippen LogP contribution >= 0.6 is 0 Å². The topological polar surface area (TPSA) is 74.4 Å². The van der Waals surface area contributed by atoms with Gasteiger partial charge in [0.1, 0.15) is 12.4 Å². The number of aromatic amines is 1. The van der Waals surface area contributed by atoms with E-state index in [2.05, 4.69) is 10.3 Å². The molecule has 2 N–H and O–H groups in total. The molecule has 0 saturated heterocycles. The zero-order chi connectivity index (χ0) is 17.1. The predicted octanol–water partition coefficient (Wildman–Crippen LogP) is 2.10. The molecule has 2 aromatic rings. The van der Waals surface area contributed by atoms with Crippen LogP contribution in [0, 0.1) is 13.8 Å². The maximum atomic E-state index is 12.5. The van der Waals surface area contributed by atoms with E-state index in [0.29, 0.717) is 25.3 Å². The Bertz CT molecular complexity index is 813. The zero-order valence-corrected chi connectivity index (χ0v) is 13.9. The van der Waals surface area contributed by atoms with E-state index in [1.807, 2.05) is 44.2 Å². The number of H-pyrrole nitrogens is 1.